The Labute approximate surface area is 206 Å². The number of nitrogens with two attached hydrogens (primary N) is 1. The van der Waals surface area contributed by atoms with Crippen molar-refractivity contribution in [1.82, 2.24) is 9.88 Å². The minimum atomic E-state index is -0.829. The molecule has 2 aliphatic rings. The van der Waals surface area contributed by atoms with Crippen LogP contribution in [0, 0.1) is 22.0 Å². The van der Waals surface area contributed by atoms with Crippen LogP contribution in [0.4, 0.5) is 11.5 Å². The molecule has 4 atom stereocenters. The quantitative estimate of drug-likeness (QED) is 0.230. The maximum atomic E-state index is 13.2. The first kappa shape index (κ1) is 24.7. The number of fused-ring (bicyclic) bond motifs is 1. The zero-order chi connectivity index (χ0) is 25.3. The molecule has 3 heterocycles. The minimum Gasteiger partial charge on any atom is -0.456 e. The van der Waals surface area contributed by atoms with Gasteiger partial charge < -0.3 is 20.5 Å². The highest BCUT2D eigenvalue weighted by atomic mass is 32.2. The van der Waals surface area contributed by atoms with Crippen LogP contribution in [0.5, 0.6) is 0 Å². The summed E-state index contributed by atoms with van der Waals surface area (Å²) in [5, 5.41) is 21.0. The van der Waals surface area contributed by atoms with Gasteiger partial charge in [0.1, 0.15) is 18.1 Å². The summed E-state index contributed by atoms with van der Waals surface area (Å²) in [5.74, 6) is -0.606. The normalized spacial score (nSPS) is 22.0. The third kappa shape index (κ3) is 4.87. The molecule has 35 heavy (non-hydrogen) atoms. The van der Waals surface area contributed by atoms with Crippen molar-refractivity contribution in [2.45, 2.75) is 39.0 Å². The molecule has 0 saturated carbocycles. The molecule has 0 radical (unpaired) electrons. The summed E-state index contributed by atoms with van der Waals surface area (Å²) in [7, 11) is 0. The lowest BCUT2D eigenvalue weighted by atomic mass is 9.79. The number of β-lactam (4-membered cyclic amide) rings is 1. The van der Waals surface area contributed by atoms with Crippen LogP contribution in [0.2, 0.25) is 0 Å². The average molecular weight is 499 g/mol. The second-order valence-electron chi connectivity index (χ2n) is 8.62. The largest absolute Gasteiger partial charge is 0.456 e. The molecule has 11 heteroatoms. The molecule has 1 amide bonds. The molecule has 10 nitrogen and oxygen atoms in total. The zero-order valence-electron chi connectivity index (χ0n) is 19.3. The molecule has 3 N–H and O–H groups in total. The number of non-ortho nitro benzene ring substituents is 1. The van der Waals surface area contributed by atoms with Gasteiger partial charge in [-0.3, -0.25) is 14.9 Å². The van der Waals surface area contributed by atoms with E-state index in [9.17, 15) is 24.8 Å². The number of nitro benzene ring substituents is 1. The highest BCUT2D eigenvalue weighted by molar-refractivity contribution is 8.03. The van der Waals surface area contributed by atoms with Crippen molar-refractivity contribution in [3.05, 3.63) is 74.4 Å². The molecule has 2 aromatic rings. The molecule has 2 aliphatic heterocycles. The molecular formula is C24H26N4O6S. The van der Waals surface area contributed by atoms with Gasteiger partial charge in [0.15, 0.2) is 0 Å². The zero-order valence-corrected chi connectivity index (χ0v) is 20.1. The second-order valence-corrected chi connectivity index (χ2v) is 9.76. The van der Waals surface area contributed by atoms with Crippen molar-refractivity contribution >= 4 is 35.1 Å². The fraction of sp³-hybridized carbons (Fsp3) is 0.375. The Morgan fingerprint density at radius 2 is 2.03 bits per heavy atom. The number of amides is 1. The number of nitrogens with zero attached hydrogens (tertiary/aromatic N) is 3. The van der Waals surface area contributed by atoms with Crippen LogP contribution in [0.25, 0.3) is 0 Å². The molecule has 1 aromatic heterocycles. The lowest BCUT2D eigenvalue weighted by molar-refractivity contribution is -0.384. The molecule has 4 rings (SSSR count). The molecule has 0 bridgehead atoms. The smallest absolute Gasteiger partial charge is 0.356 e. The number of hydrogen-bond donors (Lipinski definition) is 2. The number of thioether (sulfide) groups is 1. The van der Waals surface area contributed by atoms with Gasteiger partial charge in [-0.15, -0.1) is 11.8 Å². The van der Waals surface area contributed by atoms with Gasteiger partial charge in [-0.05, 0) is 43.2 Å². The van der Waals surface area contributed by atoms with Crippen LogP contribution in [0.3, 0.4) is 0 Å². The summed E-state index contributed by atoms with van der Waals surface area (Å²) in [6.07, 6.45) is -0.209. The number of benzene rings is 1. The van der Waals surface area contributed by atoms with Gasteiger partial charge in [-0.2, -0.15) is 0 Å². The van der Waals surface area contributed by atoms with Gasteiger partial charge in [-0.1, -0.05) is 13.0 Å². The third-order valence-corrected chi connectivity index (χ3v) is 7.55. The average Bonchev–Trinajstić information content (AvgIpc) is 3.05. The van der Waals surface area contributed by atoms with E-state index in [0.717, 1.165) is 10.6 Å². The number of aliphatic hydroxyl groups is 1. The summed E-state index contributed by atoms with van der Waals surface area (Å²) < 4.78 is 5.50. The molecule has 0 spiro atoms. The van der Waals surface area contributed by atoms with Crippen LogP contribution in [-0.2, 0) is 27.4 Å². The molecule has 0 aliphatic carbocycles. The summed E-state index contributed by atoms with van der Waals surface area (Å²) >= 11 is 1.47. The van der Waals surface area contributed by atoms with E-state index in [2.05, 4.69) is 4.98 Å². The number of ether oxygens (including phenoxy) is 1. The van der Waals surface area contributed by atoms with Crippen molar-refractivity contribution in [3.8, 4) is 0 Å². The van der Waals surface area contributed by atoms with Gasteiger partial charge in [0, 0.05) is 34.4 Å². The molecule has 1 fully saturated rings. The number of anilines is 1. The lowest BCUT2D eigenvalue weighted by Gasteiger charge is -2.46. The number of aromatic nitrogens is 1. The summed E-state index contributed by atoms with van der Waals surface area (Å²) in [6, 6.07) is 10.8. The van der Waals surface area contributed by atoms with Crippen LogP contribution in [0.1, 0.15) is 25.1 Å². The standard InChI is InChI=1S/C24H26N4O6S/c1-13-20-19(14(2)29)23(30)27(20)21(22(13)35-11-10-16-4-3-5-18(25)26-16)24(31)34-12-15-6-8-17(9-7-15)28(32)33/h3-9,13-14,19-20,29H,10-12H2,1-2H3,(H2,25,26)/t13-,14-,19-,20-/m1/s1. The van der Waals surface area contributed by atoms with Crippen molar-refractivity contribution in [2.75, 3.05) is 11.5 Å². The van der Waals surface area contributed by atoms with Crippen LogP contribution in [0.15, 0.2) is 53.1 Å². The van der Waals surface area contributed by atoms with Gasteiger partial charge >= 0.3 is 5.97 Å². The number of carbonyl (C=O) groups is 2. The van der Waals surface area contributed by atoms with Gasteiger partial charge in [-0.25, -0.2) is 9.78 Å². The molecule has 1 aromatic carbocycles. The first-order valence-electron chi connectivity index (χ1n) is 11.2. The minimum absolute atomic E-state index is 0.0565. The number of rotatable bonds is 9. The van der Waals surface area contributed by atoms with Gasteiger partial charge in [0.2, 0.25) is 5.91 Å². The van der Waals surface area contributed by atoms with Crippen LogP contribution in [-0.4, -0.2) is 49.7 Å². The number of pyridine rings is 1. The Morgan fingerprint density at radius 1 is 1.31 bits per heavy atom. The van der Waals surface area contributed by atoms with E-state index in [-0.39, 0.29) is 35.9 Å². The summed E-state index contributed by atoms with van der Waals surface area (Å²) in [5.41, 5.74) is 7.32. The predicted octanol–water partition coefficient (Wildman–Crippen LogP) is 2.66. The Morgan fingerprint density at radius 3 is 2.66 bits per heavy atom. The first-order chi connectivity index (χ1) is 16.7. The highest BCUT2D eigenvalue weighted by Crippen LogP contribution is 2.50. The Kier molecular flexibility index (Phi) is 7.08. The van der Waals surface area contributed by atoms with E-state index in [4.69, 9.17) is 10.5 Å². The van der Waals surface area contributed by atoms with E-state index >= 15 is 0 Å². The summed E-state index contributed by atoms with van der Waals surface area (Å²) in [4.78, 5) is 42.8. The molecular weight excluding hydrogens is 472 g/mol. The molecule has 0 unspecified atom stereocenters. The van der Waals surface area contributed by atoms with Crippen molar-refractivity contribution in [2.24, 2.45) is 11.8 Å². The third-order valence-electron chi connectivity index (χ3n) is 6.26. The van der Waals surface area contributed by atoms with Gasteiger partial charge in [0.25, 0.3) is 5.69 Å². The highest BCUT2D eigenvalue weighted by Gasteiger charge is 2.60. The number of aliphatic hydroxyl groups excluding tert-OH is 1. The fourth-order valence-corrected chi connectivity index (χ4v) is 5.79. The van der Waals surface area contributed by atoms with Crippen LogP contribution < -0.4 is 5.73 Å². The summed E-state index contributed by atoms with van der Waals surface area (Å²) in [6.45, 7) is 3.43. The van der Waals surface area contributed by atoms with E-state index < -0.39 is 22.9 Å². The number of nitro groups is 1. The second kappa shape index (κ2) is 10.0. The first-order valence-corrected chi connectivity index (χ1v) is 12.2. The SMILES string of the molecule is C[C@@H](O)[C@H]1C(=O)N2C(C(=O)OCc3ccc([N+](=O)[O-])cc3)=C(SCCc3cccc(N)n3)[C@H](C)[C@H]12. The molecule has 184 valence electrons. The molecule has 1 saturated heterocycles. The monoisotopic (exact) mass is 498 g/mol. The lowest BCUT2D eigenvalue weighted by Crippen LogP contribution is -2.63. The van der Waals surface area contributed by atoms with E-state index in [0.29, 0.717) is 23.6 Å². The van der Waals surface area contributed by atoms with Gasteiger partial charge in [0.05, 0.1) is 23.0 Å². The number of hydrogen-bond acceptors (Lipinski definition) is 9. The number of aryl methyl sites for hydroxylation is 1. The Hall–Kier alpha value is -3.44. The Balaban J connectivity index is 1.51. The predicted molar refractivity (Wildman–Crippen MR) is 130 cm³/mol. The van der Waals surface area contributed by atoms with Crippen molar-refractivity contribution < 1.29 is 24.4 Å². The van der Waals surface area contributed by atoms with Crippen molar-refractivity contribution in [3.63, 3.8) is 0 Å². The Bertz CT molecular complexity index is 1180. The van der Waals surface area contributed by atoms with Crippen molar-refractivity contribution in [1.29, 1.82) is 0 Å². The van der Waals surface area contributed by atoms with Crippen LogP contribution >= 0.6 is 11.8 Å². The fourth-order valence-electron chi connectivity index (χ4n) is 4.54. The maximum Gasteiger partial charge on any atom is 0.356 e. The topological polar surface area (TPSA) is 149 Å². The van der Waals surface area contributed by atoms with E-state index in [1.807, 2.05) is 19.1 Å². The van der Waals surface area contributed by atoms with E-state index in [1.165, 1.54) is 40.9 Å². The number of esters is 1. The maximum absolute atomic E-state index is 13.2. The number of carbonyl (C=O) groups excluding carboxylic acids is 2. The van der Waals surface area contributed by atoms with E-state index in [1.54, 1.807) is 13.0 Å². The number of nitrogen functional groups attached to an aromatic ring is 1.